The molecule has 0 aliphatic carbocycles. The van der Waals surface area contributed by atoms with Crippen LogP contribution in [0.1, 0.15) is 32.7 Å². The third-order valence-corrected chi connectivity index (χ3v) is 7.17. The van der Waals surface area contributed by atoms with E-state index >= 15 is 0 Å². The fourth-order valence-corrected chi connectivity index (χ4v) is 5.42. The summed E-state index contributed by atoms with van der Waals surface area (Å²) in [5.41, 5.74) is 4.43. The number of carboxylic acid groups (broad SMARTS) is 1. The summed E-state index contributed by atoms with van der Waals surface area (Å²) in [6, 6.07) is 36.4. The van der Waals surface area contributed by atoms with E-state index in [1.807, 2.05) is 43.7 Å². The molecule has 2 aromatic heterocycles. The Kier molecular flexibility index (Phi) is 6.17. The van der Waals surface area contributed by atoms with Gasteiger partial charge in [-0.3, -0.25) is 9.25 Å². The summed E-state index contributed by atoms with van der Waals surface area (Å²) < 4.78 is 3.90. The Bertz CT molecular complexity index is 1640. The smallest absolute Gasteiger partial charge is 0.335 e. The van der Waals surface area contributed by atoms with Crippen molar-refractivity contribution in [1.29, 1.82) is 0 Å². The monoisotopic (exact) mass is 513 g/mol. The summed E-state index contributed by atoms with van der Waals surface area (Å²) >= 11 is 0. The third kappa shape index (κ3) is 4.14. The molecule has 39 heavy (non-hydrogen) atoms. The van der Waals surface area contributed by atoms with Crippen molar-refractivity contribution in [2.75, 3.05) is 5.32 Å². The van der Waals surface area contributed by atoms with Gasteiger partial charge in [-0.2, -0.15) is 5.10 Å². The number of nitrogens with zero attached hydrogens (tertiary/aromatic N) is 4. The van der Waals surface area contributed by atoms with Crippen LogP contribution in [-0.4, -0.2) is 30.4 Å². The normalized spacial score (nSPS) is 11.5. The van der Waals surface area contributed by atoms with Gasteiger partial charge in [-0.05, 0) is 34.9 Å². The Labute approximate surface area is 226 Å². The number of anilines is 1. The molecule has 0 amide bonds. The average molecular weight is 514 g/mol. The van der Waals surface area contributed by atoms with E-state index in [1.54, 1.807) is 16.8 Å². The summed E-state index contributed by atoms with van der Waals surface area (Å²) in [5.74, 6) is -0.272. The highest BCUT2D eigenvalue weighted by Gasteiger charge is 2.39. The highest BCUT2D eigenvalue weighted by molar-refractivity contribution is 5.94. The van der Waals surface area contributed by atoms with Gasteiger partial charge in [0.2, 0.25) is 5.95 Å². The number of hydrogen-bond donors (Lipinski definition) is 2. The van der Waals surface area contributed by atoms with Crippen LogP contribution in [-0.2, 0) is 19.1 Å². The Morgan fingerprint density at radius 2 is 1.41 bits per heavy atom. The molecule has 2 N–H and O–H groups in total. The van der Waals surface area contributed by atoms with E-state index in [2.05, 4.69) is 87.8 Å². The molecule has 0 spiro atoms. The molecule has 0 aliphatic rings. The van der Waals surface area contributed by atoms with E-state index in [-0.39, 0.29) is 5.56 Å². The van der Waals surface area contributed by atoms with Crippen molar-refractivity contribution >= 4 is 22.8 Å². The molecule has 0 saturated heterocycles. The minimum Gasteiger partial charge on any atom is -0.478 e. The van der Waals surface area contributed by atoms with Crippen molar-refractivity contribution in [3.63, 3.8) is 0 Å². The zero-order valence-corrected chi connectivity index (χ0v) is 21.4. The minimum absolute atomic E-state index is 0.235. The number of hydrogen-bond acceptors (Lipinski definition) is 4. The van der Waals surface area contributed by atoms with Crippen LogP contribution >= 0.6 is 0 Å². The van der Waals surface area contributed by atoms with E-state index < -0.39 is 11.5 Å². The van der Waals surface area contributed by atoms with Gasteiger partial charge in [-0.25, -0.2) is 9.78 Å². The molecule has 6 aromatic rings. The van der Waals surface area contributed by atoms with E-state index in [9.17, 15) is 9.90 Å². The van der Waals surface area contributed by atoms with Gasteiger partial charge < -0.3 is 10.4 Å². The molecule has 0 saturated carbocycles. The van der Waals surface area contributed by atoms with Gasteiger partial charge in [0, 0.05) is 24.8 Å². The lowest BCUT2D eigenvalue weighted by atomic mass is 9.76. The Morgan fingerprint density at radius 3 is 1.95 bits per heavy atom. The van der Waals surface area contributed by atoms with Gasteiger partial charge >= 0.3 is 5.97 Å². The minimum atomic E-state index is -0.959. The van der Waals surface area contributed by atoms with Crippen molar-refractivity contribution in [3.05, 3.63) is 150 Å². The summed E-state index contributed by atoms with van der Waals surface area (Å²) in [6.45, 7) is 0.412. The SMILES string of the molecule is Cn1nc(CNc2nccn2C(c2ccccc2)(c2ccccc2)c2ccccc2)c2ccc(C(=O)O)cc21. The van der Waals surface area contributed by atoms with Crippen molar-refractivity contribution in [2.45, 2.75) is 12.1 Å². The molecular formula is C32H27N5O2. The van der Waals surface area contributed by atoms with Crippen LogP contribution in [0.25, 0.3) is 10.9 Å². The first-order valence-corrected chi connectivity index (χ1v) is 12.7. The largest absolute Gasteiger partial charge is 0.478 e. The maximum atomic E-state index is 11.5. The van der Waals surface area contributed by atoms with E-state index in [0.29, 0.717) is 12.5 Å². The first kappa shape index (κ1) is 24.2. The lowest BCUT2D eigenvalue weighted by Gasteiger charge is -2.38. The molecule has 7 heteroatoms. The van der Waals surface area contributed by atoms with Crippen molar-refractivity contribution in [2.24, 2.45) is 7.05 Å². The van der Waals surface area contributed by atoms with Gasteiger partial charge in [0.1, 0.15) is 5.54 Å². The zero-order valence-electron chi connectivity index (χ0n) is 21.4. The molecule has 0 bridgehead atoms. The van der Waals surface area contributed by atoms with Crippen LogP contribution in [0.4, 0.5) is 5.95 Å². The molecule has 0 unspecified atom stereocenters. The van der Waals surface area contributed by atoms with Gasteiger partial charge in [0.25, 0.3) is 0 Å². The van der Waals surface area contributed by atoms with E-state index in [0.717, 1.165) is 33.3 Å². The van der Waals surface area contributed by atoms with Crippen LogP contribution in [0.3, 0.4) is 0 Å². The second-order valence-corrected chi connectivity index (χ2v) is 9.39. The standard InChI is InChI=1S/C32H27N5O2/c1-36-29-21-23(30(38)39)17-18-27(29)28(35-36)22-34-31-33-19-20-37(31)32(24-11-5-2-6-12-24,25-13-7-3-8-14-25)26-15-9-4-10-16-26/h2-21H,22H2,1H3,(H,33,34)(H,38,39). The first-order chi connectivity index (χ1) is 19.1. The maximum Gasteiger partial charge on any atom is 0.335 e. The van der Waals surface area contributed by atoms with Gasteiger partial charge in [-0.1, -0.05) is 91.0 Å². The van der Waals surface area contributed by atoms with Crippen molar-refractivity contribution in [1.82, 2.24) is 19.3 Å². The fourth-order valence-electron chi connectivity index (χ4n) is 5.42. The van der Waals surface area contributed by atoms with Gasteiger partial charge in [-0.15, -0.1) is 0 Å². The van der Waals surface area contributed by atoms with Gasteiger partial charge in [0.05, 0.1) is 23.3 Å². The summed E-state index contributed by atoms with van der Waals surface area (Å²) in [5, 5.41) is 18.5. The topological polar surface area (TPSA) is 85.0 Å². The maximum absolute atomic E-state index is 11.5. The number of aromatic nitrogens is 4. The number of rotatable bonds is 8. The quantitative estimate of drug-likeness (QED) is 0.247. The molecule has 192 valence electrons. The number of carboxylic acids is 1. The predicted molar refractivity (Wildman–Crippen MR) is 152 cm³/mol. The predicted octanol–water partition coefficient (Wildman–Crippen LogP) is 5.92. The number of fused-ring (bicyclic) bond motifs is 1. The van der Waals surface area contributed by atoms with Crippen molar-refractivity contribution < 1.29 is 9.90 Å². The zero-order chi connectivity index (χ0) is 26.8. The Balaban J connectivity index is 1.48. The fraction of sp³-hybridized carbons (Fsp3) is 0.0938. The lowest BCUT2D eigenvalue weighted by molar-refractivity contribution is 0.0697. The molecule has 0 fully saturated rings. The number of aryl methyl sites for hydroxylation is 1. The highest BCUT2D eigenvalue weighted by Crippen LogP contribution is 2.42. The first-order valence-electron chi connectivity index (χ1n) is 12.7. The number of carbonyl (C=O) groups is 1. The van der Waals surface area contributed by atoms with E-state index in [1.165, 1.54) is 0 Å². The molecule has 0 atom stereocenters. The van der Waals surface area contributed by atoms with Crippen LogP contribution < -0.4 is 5.32 Å². The number of benzene rings is 4. The molecular weight excluding hydrogens is 486 g/mol. The third-order valence-electron chi connectivity index (χ3n) is 7.17. The molecule has 6 rings (SSSR count). The molecule has 4 aromatic carbocycles. The number of aromatic carboxylic acids is 1. The van der Waals surface area contributed by atoms with E-state index in [4.69, 9.17) is 4.98 Å². The van der Waals surface area contributed by atoms with Crippen molar-refractivity contribution in [3.8, 4) is 0 Å². The van der Waals surface area contributed by atoms with Gasteiger partial charge in [0.15, 0.2) is 0 Å². The second kappa shape index (κ2) is 9.95. The summed E-state index contributed by atoms with van der Waals surface area (Å²) in [6.07, 6.45) is 3.81. The molecule has 2 heterocycles. The average Bonchev–Trinajstić information content (AvgIpc) is 3.58. The molecule has 0 radical (unpaired) electrons. The van der Waals surface area contributed by atoms with Crippen LogP contribution in [0.5, 0.6) is 0 Å². The van der Waals surface area contributed by atoms with Crippen LogP contribution in [0.15, 0.2) is 122 Å². The number of nitrogens with one attached hydrogen (secondary N) is 1. The Hall–Kier alpha value is -5.17. The lowest BCUT2D eigenvalue weighted by Crippen LogP contribution is -2.38. The van der Waals surface area contributed by atoms with Crippen LogP contribution in [0, 0.1) is 0 Å². The second-order valence-electron chi connectivity index (χ2n) is 9.39. The van der Waals surface area contributed by atoms with Crippen LogP contribution in [0.2, 0.25) is 0 Å². The summed E-state index contributed by atoms with van der Waals surface area (Å²) in [4.78, 5) is 16.2. The Morgan fingerprint density at radius 1 is 0.846 bits per heavy atom. The molecule has 7 nitrogen and oxygen atoms in total. The summed E-state index contributed by atoms with van der Waals surface area (Å²) in [7, 11) is 1.82. The molecule has 0 aliphatic heterocycles. The highest BCUT2D eigenvalue weighted by atomic mass is 16.4. The number of imidazole rings is 1.